The normalized spacial score (nSPS) is 13.4. The van der Waals surface area contributed by atoms with E-state index in [2.05, 4.69) is 21.2 Å². The molecule has 0 bridgehead atoms. The third-order valence-corrected chi connectivity index (χ3v) is 2.79. The van der Waals surface area contributed by atoms with Crippen LogP contribution in [0.3, 0.4) is 0 Å². The zero-order valence-electron chi connectivity index (χ0n) is 9.94. The molecule has 5 heteroatoms. The minimum atomic E-state index is -0.452. The summed E-state index contributed by atoms with van der Waals surface area (Å²) in [6, 6.07) is 7.72. The molecule has 0 fully saturated rings. The van der Waals surface area contributed by atoms with E-state index in [1.54, 1.807) is 6.92 Å². The molecule has 0 radical (unpaired) electrons. The molecule has 3 nitrogen and oxygen atoms in total. The lowest BCUT2D eigenvalue weighted by atomic mass is 10.1. The molecular formula is C12H18BrClN2O. The van der Waals surface area contributed by atoms with Crippen molar-refractivity contribution in [1.29, 1.82) is 0 Å². The summed E-state index contributed by atoms with van der Waals surface area (Å²) in [7, 11) is 0. The van der Waals surface area contributed by atoms with Crippen LogP contribution in [0.15, 0.2) is 28.7 Å². The van der Waals surface area contributed by atoms with Crippen molar-refractivity contribution in [3.8, 4) is 0 Å². The van der Waals surface area contributed by atoms with Crippen molar-refractivity contribution in [2.75, 3.05) is 0 Å². The molecule has 3 N–H and O–H groups in total. The zero-order valence-corrected chi connectivity index (χ0v) is 12.3. The molecule has 2 atom stereocenters. The number of carbonyl (C=O) groups is 1. The molecule has 0 aromatic heterocycles. The maximum atomic E-state index is 11.4. The summed E-state index contributed by atoms with van der Waals surface area (Å²) in [4.78, 5) is 11.4. The standard InChI is InChI=1S/C12H17BrN2O.ClH/c1-8(15-12(16)9(2)14)7-10-3-5-11(13)6-4-10;/h3-6,8-9H,7,14H2,1-2H3,(H,15,16);1H. The predicted molar refractivity (Wildman–Crippen MR) is 76.3 cm³/mol. The number of nitrogens with two attached hydrogens (primary N) is 1. The smallest absolute Gasteiger partial charge is 0.236 e. The van der Waals surface area contributed by atoms with E-state index >= 15 is 0 Å². The molecule has 0 aliphatic heterocycles. The number of rotatable bonds is 4. The molecule has 0 heterocycles. The maximum absolute atomic E-state index is 11.4. The van der Waals surface area contributed by atoms with Crippen molar-refractivity contribution in [3.63, 3.8) is 0 Å². The van der Waals surface area contributed by atoms with Gasteiger partial charge in [0.15, 0.2) is 0 Å². The molecule has 1 amide bonds. The van der Waals surface area contributed by atoms with Gasteiger partial charge >= 0.3 is 0 Å². The summed E-state index contributed by atoms with van der Waals surface area (Å²) in [5, 5.41) is 2.87. The average molecular weight is 322 g/mol. The Bertz CT molecular complexity index is 354. The number of benzene rings is 1. The number of amides is 1. The van der Waals surface area contributed by atoms with Crippen LogP contribution in [0, 0.1) is 0 Å². The number of halogens is 2. The molecule has 0 saturated carbocycles. The Balaban J connectivity index is 0.00000256. The van der Waals surface area contributed by atoms with E-state index in [1.165, 1.54) is 5.56 Å². The number of carbonyl (C=O) groups excluding carboxylic acids is 1. The highest BCUT2D eigenvalue weighted by atomic mass is 79.9. The predicted octanol–water partition coefficient (Wildman–Crippen LogP) is 2.27. The Morgan fingerprint density at radius 2 is 1.88 bits per heavy atom. The van der Waals surface area contributed by atoms with Gasteiger partial charge in [-0.3, -0.25) is 4.79 Å². The lowest BCUT2D eigenvalue weighted by Gasteiger charge is -2.15. The quantitative estimate of drug-likeness (QED) is 0.894. The van der Waals surface area contributed by atoms with Crippen LogP contribution in [0.25, 0.3) is 0 Å². The molecule has 0 spiro atoms. The van der Waals surface area contributed by atoms with Gasteiger partial charge in [-0.15, -0.1) is 12.4 Å². The van der Waals surface area contributed by atoms with Gasteiger partial charge in [0.05, 0.1) is 6.04 Å². The largest absolute Gasteiger partial charge is 0.352 e. The first-order chi connectivity index (χ1) is 7.49. The summed E-state index contributed by atoms with van der Waals surface area (Å²) in [5.41, 5.74) is 6.67. The van der Waals surface area contributed by atoms with E-state index in [9.17, 15) is 4.79 Å². The molecular weight excluding hydrogens is 304 g/mol. The lowest BCUT2D eigenvalue weighted by molar-refractivity contribution is -0.122. The summed E-state index contributed by atoms with van der Waals surface area (Å²) in [5.74, 6) is -0.107. The van der Waals surface area contributed by atoms with Crippen molar-refractivity contribution in [1.82, 2.24) is 5.32 Å². The monoisotopic (exact) mass is 320 g/mol. The second-order valence-corrected chi connectivity index (χ2v) is 4.94. The Kier molecular flexibility index (Phi) is 7.43. The molecule has 1 aromatic rings. The van der Waals surface area contributed by atoms with Gasteiger partial charge in [0, 0.05) is 10.5 Å². The second-order valence-electron chi connectivity index (χ2n) is 4.03. The minimum Gasteiger partial charge on any atom is -0.352 e. The van der Waals surface area contributed by atoms with Crippen molar-refractivity contribution in [2.45, 2.75) is 32.4 Å². The van der Waals surface area contributed by atoms with Crippen LogP contribution in [0.2, 0.25) is 0 Å². The number of hydrogen-bond acceptors (Lipinski definition) is 2. The molecule has 17 heavy (non-hydrogen) atoms. The maximum Gasteiger partial charge on any atom is 0.236 e. The fourth-order valence-electron chi connectivity index (χ4n) is 1.40. The van der Waals surface area contributed by atoms with Gasteiger partial charge < -0.3 is 11.1 Å². The summed E-state index contributed by atoms with van der Waals surface area (Å²) in [6.07, 6.45) is 0.811. The van der Waals surface area contributed by atoms with Gasteiger partial charge in [-0.05, 0) is 38.0 Å². The summed E-state index contributed by atoms with van der Waals surface area (Å²) >= 11 is 3.38. The Morgan fingerprint density at radius 1 is 1.35 bits per heavy atom. The molecule has 1 rings (SSSR count). The first kappa shape index (κ1) is 16.4. The SMILES string of the molecule is CC(Cc1ccc(Br)cc1)NC(=O)C(C)N.Cl. The van der Waals surface area contributed by atoms with Crippen LogP contribution in [0.1, 0.15) is 19.4 Å². The van der Waals surface area contributed by atoms with Crippen molar-refractivity contribution in [2.24, 2.45) is 5.73 Å². The van der Waals surface area contributed by atoms with Gasteiger partial charge in [-0.25, -0.2) is 0 Å². The van der Waals surface area contributed by atoms with Crippen molar-refractivity contribution >= 4 is 34.2 Å². The van der Waals surface area contributed by atoms with Crippen LogP contribution < -0.4 is 11.1 Å². The summed E-state index contributed by atoms with van der Waals surface area (Å²) < 4.78 is 1.06. The van der Waals surface area contributed by atoms with Crippen molar-refractivity contribution < 1.29 is 4.79 Å². The van der Waals surface area contributed by atoms with Gasteiger partial charge in [0.25, 0.3) is 0 Å². The molecule has 0 aliphatic carbocycles. The molecule has 0 aliphatic rings. The first-order valence-electron chi connectivity index (χ1n) is 5.29. The Hall–Kier alpha value is -0.580. The topological polar surface area (TPSA) is 55.1 Å². The Labute approximate surface area is 117 Å². The Morgan fingerprint density at radius 3 is 2.35 bits per heavy atom. The van der Waals surface area contributed by atoms with E-state index in [0.29, 0.717) is 0 Å². The van der Waals surface area contributed by atoms with E-state index in [-0.39, 0.29) is 24.4 Å². The van der Waals surface area contributed by atoms with Crippen LogP contribution in [-0.4, -0.2) is 18.0 Å². The minimum absolute atomic E-state index is 0. The van der Waals surface area contributed by atoms with Crippen LogP contribution >= 0.6 is 28.3 Å². The van der Waals surface area contributed by atoms with E-state index < -0.39 is 6.04 Å². The molecule has 96 valence electrons. The highest BCUT2D eigenvalue weighted by Gasteiger charge is 2.11. The van der Waals surface area contributed by atoms with E-state index in [4.69, 9.17) is 5.73 Å². The second kappa shape index (κ2) is 7.69. The molecule has 2 unspecified atom stereocenters. The third-order valence-electron chi connectivity index (χ3n) is 2.26. The van der Waals surface area contributed by atoms with E-state index in [1.807, 2.05) is 31.2 Å². The zero-order chi connectivity index (χ0) is 12.1. The first-order valence-corrected chi connectivity index (χ1v) is 6.08. The van der Waals surface area contributed by atoms with Gasteiger partial charge in [0.1, 0.15) is 0 Å². The van der Waals surface area contributed by atoms with Crippen LogP contribution in [0.5, 0.6) is 0 Å². The van der Waals surface area contributed by atoms with Gasteiger partial charge in [0.2, 0.25) is 5.91 Å². The van der Waals surface area contributed by atoms with Crippen LogP contribution in [0.4, 0.5) is 0 Å². The van der Waals surface area contributed by atoms with Gasteiger partial charge in [-0.1, -0.05) is 28.1 Å². The van der Waals surface area contributed by atoms with Crippen LogP contribution in [-0.2, 0) is 11.2 Å². The third kappa shape index (κ3) is 6.05. The summed E-state index contributed by atoms with van der Waals surface area (Å²) in [6.45, 7) is 3.66. The van der Waals surface area contributed by atoms with Crippen molar-refractivity contribution in [3.05, 3.63) is 34.3 Å². The fraction of sp³-hybridized carbons (Fsp3) is 0.417. The fourth-order valence-corrected chi connectivity index (χ4v) is 1.66. The molecule has 0 saturated heterocycles. The lowest BCUT2D eigenvalue weighted by Crippen LogP contribution is -2.43. The number of nitrogens with one attached hydrogen (secondary N) is 1. The average Bonchev–Trinajstić information content (AvgIpc) is 2.21. The highest BCUT2D eigenvalue weighted by molar-refractivity contribution is 9.10. The highest BCUT2D eigenvalue weighted by Crippen LogP contribution is 2.11. The van der Waals surface area contributed by atoms with E-state index in [0.717, 1.165) is 10.9 Å². The van der Waals surface area contributed by atoms with Gasteiger partial charge in [-0.2, -0.15) is 0 Å². The molecule has 1 aromatic carbocycles. The number of hydrogen-bond donors (Lipinski definition) is 2.